The molecule has 0 radical (unpaired) electrons. The summed E-state index contributed by atoms with van der Waals surface area (Å²) in [6.07, 6.45) is -3.86. The maximum Gasteiger partial charge on any atom is 0.405 e. The van der Waals surface area contributed by atoms with Crippen molar-refractivity contribution in [1.82, 2.24) is 10.6 Å². The van der Waals surface area contributed by atoms with Gasteiger partial charge < -0.3 is 21.1 Å². The standard InChI is InChI=1S/C8H16F3N3O2/c9-8(10,11)6-14-7(15)13-3-1-4-16-5-2-12/h1-6,12H2,(H2,13,14,15). The number of amides is 2. The molecule has 0 fully saturated rings. The van der Waals surface area contributed by atoms with Crippen LogP contribution in [0.4, 0.5) is 18.0 Å². The van der Waals surface area contributed by atoms with E-state index in [0.717, 1.165) is 0 Å². The van der Waals surface area contributed by atoms with Gasteiger partial charge in [0.2, 0.25) is 0 Å². The quantitative estimate of drug-likeness (QED) is 0.559. The second-order valence-electron chi connectivity index (χ2n) is 2.98. The van der Waals surface area contributed by atoms with Gasteiger partial charge in [-0.05, 0) is 6.42 Å². The lowest BCUT2D eigenvalue weighted by Gasteiger charge is -2.09. The summed E-state index contributed by atoms with van der Waals surface area (Å²) in [7, 11) is 0. The van der Waals surface area contributed by atoms with Gasteiger partial charge in [0.05, 0.1) is 6.61 Å². The van der Waals surface area contributed by atoms with Crippen LogP contribution in [-0.4, -0.2) is 45.1 Å². The molecule has 0 spiro atoms. The zero-order chi connectivity index (χ0) is 12.4. The second kappa shape index (κ2) is 8.17. The van der Waals surface area contributed by atoms with Gasteiger partial charge in [0.15, 0.2) is 0 Å². The highest BCUT2D eigenvalue weighted by Gasteiger charge is 2.27. The van der Waals surface area contributed by atoms with E-state index in [1.165, 1.54) is 0 Å². The van der Waals surface area contributed by atoms with E-state index in [1.807, 2.05) is 0 Å². The molecule has 0 aliphatic rings. The molecule has 2 amide bonds. The fourth-order valence-electron chi connectivity index (χ4n) is 0.805. The Balaban J connectivity index is 3.31. The predicted molar refractivity (Wildman–Crippen MR) is 51.9 cm³/mol. The summed E-state index contributed by atoms with van der Waals surface area (Å²) >= 11 is 0. The highest BCUT2D eigenvalue weighted by atomic mass is 19.4. The first-order chi connectivity index (χ1) is 7.45. The third-order valence-electron chi connectivity index (χ3n) is 1.46. The van der Waals surface area contributed by atoms with Crippen molar-refractivity contribution < 1.29 is 22.7 Å². The first-order valence-corrected chi connectivity index (χ1v) is 4.82. The number of alkyl halides is 3. The summed E-state index contributed by atoms with van der Waals surface area (Å²) in [5, 5.41) is 3.96. The van der Waals surface area contributed by atoms with Crippen LogP contribution < -0.4 is 16.4 Å². The first-order valence-electron chi connectivity index (χ1n) is 4.82. The molecule has 5 nitrogen and oxygen atoms in total. The number of carbonyl (C=O) groups excluding carboxylic acids is 1. The summed E-state index contributed by atoms with van der Waals surface area (Å²) in [6, 6.07) is -0.837. The molecule has 0 atom stereocenters. The van der Waals surface area contributed by atoms with Gasteiger partial charge >= 0.3 is 12.2 Å². The minimum atomic E-state index is -4.39. The average Bonchev–Trinajstić information content (AvgIpc) is 2.19. The van der Waals surface area contributed by atoms with Gasteiger partial charge in [0.1, 0.15) is 6.54 Å². The largest absolute Gasteiger partial charge is 0.405 e. The van der Waals surface area contributed by atoms with Crippen LogP contribution in [0.2, 0.25) is 0 Å². The molecule has 0 aliphatic carbocycles. The number of rotatable bonds is 7. The molecule has 0 bridgehead atoms. The molecule has 96 valence electrons. The van der Waals surface area contributed by atoms with Gasteiger partial charge in [-0.25, -0.2) is 4.79 Å². The van der Waals surface area contributed by atoms with Crippen LogP contribution in [0.3, 0.4) is 0 Å². The number of nitrogens with one attached hydrogen (secondary N) is 2. The van der Waals surface area contributed by atoms with Gasteiger partial charge in [-0.3, -0.25) is 0 Å². The van der Waals surface area contributed by atoms with Crippen molar-refractivity contribution in [2.75, 3.05) is 32.8 Å². The van der Waals surface area contributed by atoms with Crippen molar-refractivity contribution in [3.63, 3.8) is 0 Å². The fourth-order valence-corrected chi connectivity index (χ4v) is 0.805. The Hall–Kier alpha value is -1.02. The molecular weight excluding hydrogens is 227 g/mol. The van der Waals surface area contributed by atoms with Gasteiger partial charge in [-0.15, -0.1) is 0 Å². The van der Waals surface area contributed by atoms with Crippen LogP contribution in [0.25, 0.3) is 0 Å². The van der Waals surface area contributed by atoms with Crippen LogP contribution in [0.15, 0.2) is 0 Å². The Kier molecular flexibility index (Phi) is 7.65. The third-order valence-corrected chi connectivity index (χ3v) is 1.46. The van der Waals surface area contributed by atoms with Crippen molar-refractivity contribution in [1.29, 1.82) is 0 Å². The van der Waals surface area contributed by atoms with Gasteiger partial charge in [-0.2, -0.15) is 13.2 Å². The summed E-state index contributed by atoms with van der Waals surface area (Å²) < 4.78 is 40.0. The number of hydrogen-bond donors (Lipinski definition) is 3. The molecule has 0 saturated heterocycles. The fraction of sp³-hybridized carbons (Fsp3) is 0.875. The van der Waals surface area contributed by atoms with Crippen molar-refractivity contribution in [2.45, 2.75) is 12.6 Å². The van der Waals surface area contributed by atoms with E-state index >= 15 is 0 Å². The molecule has 0 aliphatic heterocycles. The molecule has 8 heteroatoms. The monoisotopic (exact) mass is 243 g/mol. The molecule has 0 rings (SSSR count). The molecular formula is C8H16F3N3O2. The van der Waals surface area contributed by atoms with E-state index in [-0.39, 0.29) is 6.54 Å². The van der Waals surface area contributed by atoms with Crippen LogP contribution in [0.5, 0.6) is 0 Å². The Bertz CT molecular complexity index is 199. The van der Waals surface area contributed by atoms with Crippen molar-refractivity contribution >= 4 is 6.03 Å². The van der Waals surface area contributed by atoms with E-state index in [0.29, 0.717) is 26.2 Å². The highest BCUT2D eigenvalue weighted by molar-refractivity contribution is 5.73. The lowest BCUT2D eigenvalue weighted by Crippen LogP contribution is -2.41. The summed E-state index contributed by atoms with van der Waals surface area (Å²) in [5.41, 5.74) is 5.16. The number of carbonyl (C=O) groups is 1. The minimum absolute atomic E-state index is 0.258. The molecule has 0 saturated carbocycles. The number of ether oxygens (including phenoxy) is 1. The van der Waals surface area contributed by atoms with Crippen LogP contribution in [-0.2, 0) is 4.74 Å². The SMILES string of the molecule is NCCOCCCNC(=O)NCC(F)(F)F. The molecule has 0 heterocycles. The van der Waals surface area contributed by atoms with Crippen LogP contribution >= 0.6 is 0 Å². The smallest absolute Gasteiger partial charge is 0.380 e. The molecule has 0 aromatic carbocycles. The van der Waals surface area contributed by atoms with E-state index in [2.05, 4.69) is 5.32 Å². The number of urea groups is 1. The van der Waals surface area contributed by atoms with E-state index in [1.54, 1.807) is 5.32 Å². The third kappa shape index (κ3) is 11.1. The minimum Gasteiger partial charge on any atom is -0.380 e. The summed E-state index contributed by atoms with van der Waals surface area (Å²) in [4.78, 5) is 10.8. The van der Waals surface area contributed by atoms with E-state index in [9.17, 15) is 18.0 Å². The molecule has 0 aromatic rings. The molecule has 16 heavy (non-hydrogen) atoms. The maximum atomic E-state index is 11.7. The van der Waals surface area contributed by atoms with Gasteiger partial charge in [0.25, 0.3) is 0 Å². The lowest BCUT2D eigenvalue weighted by atomic mass is 10.4. The van der Waals surface area contributed by atoms with E-state index < -0.39 is 18.8 Å². The average molecular weight is 243 g/mol. The first kappa shape index (κ1) is 15.0. The highest BCUT2D eigenvalue weighted by Crippen LogP contribution is 2.11. The Morgan fingerprint density at radius 3 is 2.50 bits per heavy atom. The number of halogens is 3. The normalized spacial score (nSPS) is 11.2. The van der Waals surface area contributed by atoms with Crippen LogP contribution in [0, 0.1) is 0 Å². The predicted octanol–water partition coefficient (Wildman–Crippen LogP) is 0.213. The van der Waals surface area contributed by atoms with Crippen LogP contribution in [0.1, 0.15) is 6.42 Å². The molecule has 4 N–H and O–H groups in total. The summed E-state index contributed by atoms with van der Waals surface area (Å²) in [6.45, 7) is 0.188. The van der Waals surface area contributed by atoms with Gasteiger partial charge in [0, 0.05) is 19.7 Å². The van der Waals surface area contributed by atoms with E-state index in [4.69, 9.17) is 10.5 Å². The zero-order valence-electron chi connectivity index (χ0n) is 8.77. The maximum absolute atomic E-state index is 11.7. The Labute approximate surface area is 91.5 Å². The summed E-state index contributed by atoms with van der Waals surface area (Å²) in [5.74, 6) is 0. The Morgan fingerprint density at radius 2 is 1.94 bits per heavy atom. The number of nitrogens with two attached hydrogens (primary N) is 1. The second-order valence-corrected chi connectivity index (χ2v) is 2.98. The molecule has 0 aromatic heterocycles. The molecule has 0 unspecified atom stereocenters. The van der Waals surface area contributed by atoms with Crippen molar-refractivity contribution in [3.05, 3.63) is 0 Å². The topological polar surface area (TPSA) is 76.4 Å². The van der Waals surface area contributed by atoms with Crippen molar-refractivity contribution in [3.8, 4) is 0 Å². The Morgan fingerprint density at radius 1 is 1.25 bits per heavy atom. The van der Waals surface area contributed by atoms with Gasteiger partial charge in [-0.1, -0.05) is 0 Å². The lowest BCUT2D eigenvalue weighted by molar-refractivity contribution is -0.122. The zero-order valence-corrected chi connectivity index (χ0v) is 8.77. The number of hydrogen-bond acceptors (Lipinski definition) is 3. The van der Waals surface area contributed by atoms with Crippen molar-refractivity contribution in [2.24, 2.45) is 5.73 Å².